The van der Waals surface area contributed by atoms with Gasteiger partial charge in [-0.3, -0.25) is 0 Å². The number of nitrogens with zero attached hydrogens (tertiary/aromatic N) is 2. The first-order valence-electron chi connectivity index (χ1n) is 5.94. The number of thioether (sulfide) groups is 1. The van der Waals surface area contributed by atoms with Gasteiger partial charge in [-0.15, -0.1) is 0 Å². The van der Waals surface area contributed by atoms with Gasteiger partial charge in [0.05, 0.1) is 0 Å². The van der Waals surface area contributed by atoms with E-state index in [4.69, 9.17) is 0 Å². The van der Waals surface area contributed by atoms with Gasteiger partial charge < -0.3 is 9.88 Å². The molecule has 92 valence electrons. The van der Waals surface area contributed by atoms with E-state index >= 15 is 0 Å². The molecule has 0 saturated heterocycles. The summed E-state index contributed by atoms with van der Waals surface area (Å²) in [6, 6.07) is 0.526. The lowest BCUT2D eigenvalue weighted by Crippen LogP contribution is -2.34. The van der Waals surface area contributed by atoms with Crippen LogP contribution in [0.3, 0.4) is 0 Å². The zero-order valence-corrected chi connectivity index (χ0v) is 11.5. The highest BCUT2D eigenvalue weighted by atomic mass is 32.2. The van der Waals surface area contributed by atoms with Gasteiger partial charge >= 0.3 is 0 Å². The standard InChI is InChI=1S/C12H23N3S/c1-5-13-11(9-16-10(2)3)8-12-14-6-7-15(12)4/h6-7,10-11,13H,5,8-9H2,1-4H3. The van der Waals surface area contributed by atoms with E-state index in [0.29, 0.717) is 11.3 Å². The molecule has 0 saturated carbocycles. The Labute approximate surface area is 103 Å². The topological polar surface area (TPSA) is 29.9 Å². The third-order valence-corrected chi connectivity index (χ3v) is 3.73. The van der Waals surface area contributed by atoms with Gasteiger partial charge in [-0.1, -0.05) is 20.8 Å². The van der Waals surface area contributed by atoms with Crippen LogP contribution >= 0.6 is 11.8 Å². The fraction of sp³-hybridized carbons (Fsp3) is 0.750. The lowest BCUT2D eigenvalue weighted by atomic mass is 10.2. The molecule has 0 radical (unpaired) electrons. The molecule has 0 bridgehead atoms. The molecule has 4 heteroatoms. The van der Waals surface area contributed by atoms with Crippen molar-refractivity contribution in [2.45, 2.75) is 38.5 Å². The Kier molecular flexibility index (Phi) is 5.91. The van der Waals surface area contributed by atoms with Gasteiger partial charge in [-0.25, -0.2) is 4.98 Å². The summed E-state index contributed by atoms with van der Waals surface area (Å²) in [6.45, 7) is 7.67. The largest absolute Gasteiger partial charge is 0.338 e. The summed E-state index contributed by atoms with van der Waals surface area (Å²) >= 11 is 2.01. The summed E-state index contributed by atoms with van der Waals surface area (Å²) in [5.41, 5.74) is 0. The van der Waals surface area contributed by atoms with Crippen LogP contribution in [0.1, 0.15) is 26.6 Å². The van der Waals surface area contributed by atoms with Crippen LogP contribution in [0.2, 0.25) is 0 Å². The first-order chi connectivity index (χ1) is 7.63. The van der Waals surface area contributed by atoms with E-state index < -0.39 is 0 Å². The summed E-state index contributed by atoms with van der Waals surface area (Å²) in [4.78, 5) is 4.38. The number of aryl methyl sites for hydroxylation is 1. The number of hydrogen-bond donors (Lipinski definition) is 1. The third-order valence-electron chi connectivity index (χ3n) is 2.47. The number of nitrogens with one attached hydrogen (secondary N) is 1. The van der Waals surface area contributed by atoms with Crippen molar-refractivity contribution in [3.05, 3.63) is 18.2 Å². The molecular formula is C12H23N3S. The predicted octanol–water partition coefficient (Wildman–Crippen LogP) is 2.08. The molecule has 16 heavy (non-hydrogen) atoms. The molecular weight excluding hydrogens is 218 g/mol. The van der Waals surface area contributed by atoms with E-state index in [1.165, 1.54) is 0 Å². The second-order valence-corrected chi connectivity index (χ2v) is 5.90. The van der Waals surface area contributed by atoms with E-state index in [1.807, 2.05) is 24.2 Å². The number of rotatable bonds is 7. The van der Waals surface area contributed by atoms with Crippen molar-refractivity contribution in [1.29, 1.82) is 0 Å². The van der Waals surface area contributed by atoms with Crippen LogP contribution in [0.4, 0.5) is 0 Å². The molecule has 0 aliphatic heterocycles. The Balaban J connectivity index is 2.47. The minimum Gasteiger partial charge on any atom is -0.338 e. The molecule has 1 unspecified atom stereocenters. The van der Waals surface area contributed by atoms with Gasteiger partial charge in [0.1, 0.15) is 5.82 Å². The molecule has 3 nitrogen and oxygen atoms in total. The number of imidazole rings is 1. The van der Waals surface area contributed by atoms with Gasteiger partial charge in [0.15, 0.2) is 0 Å². The SMILES string of the molecule is CCNC(CSC(C)C)Cc1nccn1C. The van der Waals surface area contributed by atoms with E-state index in [1.54, 1.807) is 0 Å². The molecule has 0 spiro atoms. The van der Waals surface area contributed by atoms with E-state index in [2.05, 4.69) is 42.7 Å². The highest BCUT2D eigenvalue weighted by molar-refractivity contribution is 7.99. The van der Waals surface area contributed by atoms with E-state index in [0.717, 1.165) is 24.5 Å². The normalized spacial score (nSPS) is 13.3. The van der Waals surface area contributed by atoms with Crippen molar-refractivity contribution in [1.82, 2.24) is 14.9 Å². The second-order valence-electron chi connectivity index (χ2n) is 4.30. The average molecular weight is 241 g/mol. The first kappa shape index (κ1) is 13.6. The number of aromatic nitrogens is 2. The summed E-state index contributed by atoms with van der Waals surface area (Å²) < 4.78 is 2.10. The smallest absolute Gasteiger partial charge is 0.109 e. The molecule has 0 aromatic carbocycles. The zero-order chi connectivity index (χ0) is 12.0. The molecule has 0 aliphatic carbocycles. The monoisotopic (exact) mass is 241 g/mol. The Bertz CT molecular complexity index is 296. The molecule has 1 heterocycles. The summed E-state index contributed by atoms with van der Waals surface area (Å²) in [7, 11) is 2.06. The van der Waals surface area contributed by atoms with Gasteiger partial charge in [-0.05, 0) is 11.8 Å². The minimum atomic E-state index is 0.526. The fourth-order valence-electron chi connectivity index (χ4n) is 1.60. The lowest BCUT2D eigenvalue weighted by Gasteiger charge is -2.18. The van der Waals surface area contributed by atoms with Crippen LogP contribution in [0.5, 0.6) is 0 Å². The van der Waals surface area contributed by atoms with Crippen LogP contribution in [0, 0.1) is 0 Å². The third kappa shape index (κ3) is 4.58. The molecule has 0 fully saturated rings. The minimum absolute atomic E-state index is 0.526. The summed E-state index contributed by atoms with van der Waals surface area (Å²) in [5, 5.41) is 4.23. The summed E-state index contributed by atoms with van der Waals surface area (Å²) in [6.07, 6.45) is 4.89. The fourth-order valence-corrected chi connectivity index (χ4v) is 2.45. The molecule has 0 amide bonds. The van der Waals surface area contributed by atoms with Gasteiger partial charge in [0.2, 0.25) is 0 Å². The highest BCUT2D eigenvalue weighted by Crippen LogP contribution is 2.12. The van der Waals surface area contributed by atoms with Crippen LogP contribution in [-0.2, 0) is 13.5 Å². The molecule has 1 aromatic rings. The second kappa shape index (κ2) is 6.97. The van der Waals surface area contributed by atoms with Crippen molar-refractivity contribution in [2.24, 2.45) is 7.05 Å². The Morgan fingerprint density at radius 1 is 1.50 bits per heavy atom. The summed E-state index contributed by atoms with van der Waals surface area (Å²) in [5.74, 6) is 2.31. The van der Waals surface area contributed by atoms with Gasteiger partial charge in [-0.2, -0.15) is 11.8 Å². The zero-order valence-electron chi connectivity index (χ0n) is 10.7. The van der Waals surface area contributed by atoms with Crippen LogP contribution in [0.25, 0.3) is 0 Å². The van der Waals surface area contributed by atoms with Crippen LogP contribution < -0.4 is 5.32 Å². The number of hydrogen-bond acceptors (Lipinski definition) is 3. The quantitative estimate of drug-likeness (QED) is 0.792. The van der Waals surface area contributed by atoms with Crippen LogP contribution in [-0.4, -0.2) is 33.1 Å². The maximum absolute atomic E-state index is 4.38. The van der Waals surface area contributed by atoms with Crippen molar-refractivity contribution in [3.63, 3.8) is 0 Å². The molecule has 1 aromatic heterocycles. The molecule has 1 atom stereocenters. The van der Waals surface area contributed by atoms with E-state index in [-0.39, 0.29) is 0 Å². The van der Waals surface area contributed by atoms with Crippen molar-refractivity contribution in [2.75, 3.05) is 12.3 Å². The molecule has 0 aliphatic rings. The van der Waals surface area contributed by atoms with E-state index in [9.17, 15) is 0 Å². The van der Waals surface area contributed by atoms with Gasteiger partial charge in [0, 0.05) is 37.7 Å². The Morgan fingerprint density at radius 3 is 2.75 bits per heavy atom. The maximum Gasteiger partial charge on any atom is 0.109 e. The highest BCUT2D eigenvalue weighted by Gasteiger charge is 2.12. The van der Waals surface area contributed by atoms with Crippen molar-refractivity contribution in [3.8, 4) is 0 Å². The average Bonchev–Trinajstić information content (AvgIpc) is 2.61. The van der Waals surface area contributed by atoms with Crippen molar-refractivity contribution < 1.29 is 0 Å². The van der Waals surface area contributed by atoms with Crippen molar-refractivity contribution >= 4 is 11.8 Å². The predicted molar refractivity (Wildman–Crippen MR) is 72.0 cm³/mol. The van der Waals surface area contributed by atoms with Crippen LogP contribution in [0.15, 0.2) is 12.4 Å². The first-order valence-corrected chi connectivity index (χ1v) is 6.99. The molecule has 1 N–H and O–H groups in total. The Hall–Kier alpha value is -0.480. The van der Waals surface area contributed by atoms with Gasteiger partial charge in [0.25, 0.3) is 0 Å². The Morgan fingerprint density at radius 2 is 2.25 bits per heavy atom. The lowest BCUT2D eigenvalue weighted by molar-refractivity contribution is 0.550. The maximum atomic E-state index is 4.38. The molecule has 1 rings (SSSR count). The number of likely N-dealkylation sites (N-methyl/N-ethyl adjacent to an activating group) is 1.